The van der Waals surface area contributed by atoms with Gasteiger partial charge in [-0.2, -0.15) is 0 Å². The van der Waals surface area contributed by atoms with Crippen LogP contribution in [-0.2, 0) is 28.5 Å². The highest BCUT2D eigenvalue weighted by atomic mass is 16.7. The van der Waals surface area contributed by atoms with Gasteiger partial charge in [0.05, 0.1) is 26.4 Å². The number of carbonyl (C=O) groups is 2. The molecule has 12 N–H and O–H groups in total. The van der Waals surface area contributed by atoms with E-state index >= 15 is 0 Å². The lowest BCUT2D eigenvalue weighted by atomic mass is 9.99. The van der Waals surface area contributed by atoms with Crippen molar-refractivity contribution in [3.05, 3.63) is 0 Å². The minimum absolute atomic E-state index is 0.0678. The maximum absolute atomic E-state index is 12.2. The first-order valence-electron chi connectivity index (χ1n) is 13.8. The van der Waals surface area contributed by atoms with Gasteiger partial charge in [-0.05, 0) is 0 Å². The molecule has 246 valence electrons. The van der Waals surface area contributed by atoms with Gasteiger partial charge >= 0.3 is 0 Å². The van der Waals surface area contributed by atoms with Crippen LogP contribution in [0.5, 0.6) is 0 Å². The third-order valence-electron chi connectivity index (χ3n) is 6.87. The van der Waals surface area contributed by atoms with Crippen molar-refractivity contribution < 1.29 is 69.4 Å². The molecule has 2 rings (SSSR count). The Bertz CT molecular complexity index is 736. The van der Waals surface area contributed by atoms with Gasteiger partial charge < -0.3 is 81.1 Å². The number of carbonyl (C=O) groups excluding carboxylic acids is 2. The van der Waals surface area contributed by atoms with Crippen LogP contribution in [0, 0.1) is 0 Å². The predicted octanol–water partition coefficient (Wildman–Crippen LogP) is -7.11. The summed E-state index contributed by atoms with van der Waals surface area (Å²) in [4.78, 5) is 26.3. The highest BCUT2D eigenvalue weighted by molar-refractivity contribution is 5.76. The zero-order chi connectivity index (χ0) is 31.2. The first-order valence-corrected chi connectivity index (χ1v) is 13.8. The summed E-state index contributed by atoms with van der Waals surface area (Å²) in [5, 5.41) is 82.7. The second kappa shape index (κ2) is 18.9. The molecule has 10 atom stereocenters. The van der Waals surface area contributed by atoms with Crippen LogP contribution in [0.4, 0.5) is 0 Å². The number of rotatable bonds is 18. The average molecular weight is 615 g/mol. The topological polar surface area (TPSA) is 286 Å². The summed E-state index contributed by atoms with van der Waals surface area (Å²) in [6.45, 7) is 0.238. The van der Waals surface area contributed by atoms with Crippen molar-refractivity contribution in [3.8, 4) is 0 Å². The number of hydrogen-bond donors (Lipinski definition) is 11. The molecule has 0 bridgehead atoms. The summed E-state index contributed by atoms with van der Waals surface area (Å²) in [5.41, 5.74) is 5.64. The molecule has 0 aromatic carbocycles. The van der Waals surface area contributed by atoms with Gasteiger partial charge in [0.25, 0.3) is 0 Å². The van der Waals surface area contributed by atoms with Gasteiger partial charge in [-0.25, -0.2) is 0 Å². The van der Waals surface area contributed by atoms with Gasteiger partial charge in [0.15, 0.2) is 12.6 Å². The maximum atomic E-state index is 12.2. The van der Waals surface area contributed by atoms with Crippen molar-refractivity contribution >= 4 is 11.8 Å². The third kappa shape index (κ3) is 11.1. The molecular weight excluding hydrogens is 568 g/mol. The number of hydrogen-bond acceptors (Lipinski definition) is 16. The molecule has 0 aromatic heterocycles. The van der Waals surface area contributed by atoms with Gasteiger partial charge in [-0.15, -0.1) is 0 Å². The van der Waals surface area contributed by atoms with Gasteiger partial charge in [-0.3, -0.25) is 9.59 Å². The molecule has 0 aliphatic carbocycles. The lowest BCUT2D eigenvalue weighted by Crippen LogP contribution is -2.59. The summed E-state index contributed by atoms with van der Waals surface area (Å²) in [6, 6.07) is 0. The largest absolute Gasteiger partial charge is 0.394 e. The Balaban J connectivity index is 1.60. The van der Waals surface area contributed by atoms with Crippen LogP contribution in [-0.4, -0.2) is 185 Å². The van der Waals surface area contributed by atoms with Crippen molar-refractivity contribution in [2.24, 2.45) is 5.73 Å². The van der Waals surface area contributed by atoms with Crippen LogP contribution in [0.3, 0.4) is 0 Å². The van der Waals surface area contributed by atoms with Crippen LogP contribution >= 0.6 is 0 Å². The molecule has 0 aromatic rings. The molecule has 0 spiro atoms. The Morgan fingerprint density at radius 3 is 1.43 bits per heavy atom. The molecule has 2 aliphatic rings. The fraction of sp³-hybridized carbons (Fsp3) is 0.917. The maximum Gasteiger partial charge on any atom is 0.221 e. The molecule has 0 radical (unpaired) electrons. The first kappa shape index (κ1) is 36.6. The van der Waals surface area contributed by atoms with Crippen LogP contribution in [0.15, 0.2) is 0 Å². The number of aliphatic hydroxyl groups is 8. The summed E-state index contributed by atoms with van der Waals surface area (Å²) in [6.07, 6.45) is -13.7. The van der Waals surface area contributed by atoms with Gasteiger partial charge in [0, 0.05) is 52.1 Å². The monoisotopic (exact) mass is 614 g/mol. The highest BCUT2D eigenvalue weighted by Crippen LogP contribution is 2.22. The van der Waals surface area contributed by atoms with E-state index in [4.69, 9.17) is 24.7 Å². The fourth-order valence-corrected chi connectivity index (χ4v) is 4.36. The minimum atomic E-state index is -1.56. The Morgan fingerprint density at radius 2 is 1.07 bits per heavy atom. The molecule has 42 heavy (non-hydrogen) atoms. The van der Waals surface area contributed by atoms with Crippen molar-refractivity contribution in [3.63, 3.8) is 0 Å². The number of nitrogens with two attached hydrogens (primary N) is 1. The predicted molar refractivity (Wildman–Crippen MR) is 140 cm³/mol. The summed E-state index contributed by atoms with van der Waals surface area (Å²) in [5.74, 6) is -0.603. The molecule has 2 amide bonds. The van der Waals surface area contributed by atoms with Crippen LogP contribution < -0.4 is 16.4 Å². The van der Waals surface area contributed by atoms with E-state index < -0.39 is 74.6 Å². The van der Waals surface area contributed by atoms with Gasteiger partial charge in [-0.1, -0.05) is 0 Å². The second-order valence-electron chi connectivity index (χ2n) is 9.97. The zero-order valence-electron chi connectivity index (χ0n) is 23.3. The van der Waals surface area contributed by atoms with Crippen molar-refractivity contribution in [2.75, 3.05) is 65.7 Å². The summed E-state index contributed by atoms with van der Waals surface area (Å²) < 4.78 is 21.1. The van der Waals surface area contributed by atoms with Gasteiger partial charge in [0.2, 0.25) is 11.8 Å². The van der Waals surface area contributed by atoms with E-state index in [0.717, 1.165) is 0 Å². The molecule has 0 saturated carbocycles. The average Bonchev–Trinajstić information content (AvgIpc) is 2.98. The number of ether oxygens (including phenoxy) is 4. The fourth-order valence-electron chi connectivity index (χ4n) is 4.36. The second-order valence-corrected chi connectivity index (χ2v) is 9.97. The quantitative estimate of drug-likeness (QED) is 0.0639. The van der Waals surface area contributed by atoms with E-state index in [0.29, 0.717) is 26.2 Å². The van der Waals surface area contributed by atoms with Crippen LogP contribution in [0.1, 0.15) is 12.8 Å². The number of amides is 2. The lowest BCUT2D eigenvalue weighted by Gasteiger charge is -2.39. The van der Waals surface area contributed by atoms with Gasteiger partial charge in [0.1, 0.15) is 48.8 Å². The molecule has 2 fully saturated rings. The molecule has 2 heterocycles. The molecule has 2 aliphatic heterocycles. The van der Waals surface area contributed by atoms with Crippen molar-refractivity contribution in [1.82, 2.24) is 15.5 Å². The standard InChI is InChI=1S/C24H46N4O14/c25-3-8-28(6-1-15(31)26-4-9-39-23-21(37)19(35)17(33)13(11-29)41-23)7-2-16(32)27-5-10-40-24-22(38)20(36)18(34)14(12-30)42-24/h13-14,17-24,29-30,33-38H,1-12,25H2,(H,26,31)(H,27,32)/t13-,14-,17-,18-,19+,20+,21+,22+,23+,24+/m1/s1. The highest BCUT2D eigenvalue weighted by Gasteiger charge is 2.45. The number of nitrogens with zero attached hydrogens (tertiary/aromatic N) is 1. The molecule has 0 unspecified atom stereocenters. The van der Waals surface area contributed by atoms with E-state index in [1.165, 1.54) is 0 Å². The molecule has 18 nitrogen and oxygen atoms in total. The van der Waals surface area contributed by atoms with E-state index in [9.17, 15) is 50.4 Å². The number of nitrogens with one attached hydrogen (secondary N) is 2. The Labute approximate surface area is 242 Å². The van der Waals surface area contributed by atoms with E-state index in [1.807, 2.05) is 4.90 Å². The SMILES string of the molecule is NCCN(CCC(=O)NCCO[C@H]1O[C@H](CO)[C@@H](O)[C@H](O)[C@@H]1O)CCC(=O)NCCO[C@H]1O[C@H](CO)[C@@H](O)[C@H](O)[C@@H]1O. The lowest BCUT2D eigenvalue weighted by molar-refractivity contribution is -0.300. The Hall–Kier alpha value is -1.62. The van der Waals surface area contributed by atoms with E-state index in [2.05, 4.69) is 10.6 Å². The summed E-state index contributed by atoms with van der Waals surface area (Å²) >= 11 is 0. The molecular formula is C24H46N4O14. The minimum Gasteiger partial charge on any atom is -0.394 e. The van der Waals surface area contributed by atoms with Crippen molar-refractivity contribution in [1.29, 1.82) is 0 Å². The third-order valence-corrected chi connectivity index (χ3v) is 6.87. The van der Waals surface area contributed by atoms with Crippen LogP contribution in [0.25, 0.3) is 0 Å². The number of aliphatic hydroxyl groups excluding tert-OH is 8. The smallest absolute Gasteiger partial charge is 0.221 e. The normalized spacial score (nSPS) is 33.5. The van der Waals surface area contributed by atoms with Crippen molar-refractivity contribution in [2.45, 2.75) is 74.3 Å². The Kier molecular flexibility index (Phi) is 16.5. The molecule has 2 saturated heterocycles. The van der Waals surface area contributed by atoms with E-state index in [-0.39, 0.29) is 51.0 Å². The summed E-state index contributed by atoms with van der Waals surface area (Å²) in [7, 11) is 0. The van der Waals surface area contributed by atoms with Crippen LogP contribution in [0.2, 0.25) is 0 Å². The molecule has 18 heteroatoms. The van der Waals surface area contributed by atoms with E-state index in [1.54, 1.807) is 0 Å². The first-order chi connectivity index (χ1) is 20.0. The zero-order valence-corrected chi connectivity index (χ0v) is 23.3. The Morgan fingerprint density at radius 1 is 0.667 bits per heavy atom.